The number of aromatic nitrogens is 6. The zero-order valence-electron chi connectivity index (χ0n) is 15.3. The van der Waals surface area contributed by atoms with E-state index in [1.807, 2.05) is 24.3 Å². The molecule has 0 aliphatic carbocycles. The van der Waals surface area contributed by atoms with Crippen LogP contribution in [0.4, 0.5) is 5.69 Å². The summed E-state index contributed by atoms with van der Waals surface area (Å²) < 4.78 is 8.45. The molecule has 0 saturated carbocycles. The number of hydrogen-bond acceptors (Lipinski definition) is 6. The SMILES string of the molecule is COc1cccc(-c2cc(C(=O)Nc3cnc(-n4ccnc4)nc3)n(C)n2)c1. The van der Waals surface area contributed by atoms with E-state index in [1.165, 1.54) is 4.68 Å². The van der Waals surface area contributed by atoms with Crippen molar-refractivity contribution < 1.29 is 9.53 Å². The van der Waals surface area contributed by atoms with Crippen LogP contribution < -0.4 is 10.1 Å². The first kappa shape index (κ1) is 17.4. The topological polar surface area (TPSA) is 99.7 Å². The maximum atomic E-state index is 12.6. The highest BCUT2D eigenvalue weighted by atomic mass is 16.5. The fourth-order valence-corrected chi connectivity index (χ4v) is 2.69. The van der Waals surface area contributed by atoms with Crippen LogP contribution in [0, 0.1) is 0 Å². The molecule has 1 amide bonds. The molecule has 4 aromatic rings. The number of anilines is 1. The van der Waals surface area contributed by atoms with E-state index in [4.69, 9.17) is 4.74 Å². The lowest BCUT2D eigenvalue weighted by Gasteiger charge is -2.05. The largest absolute Gasteiger partial charge is 0.497 e. The minimum absolute atomic E-state index is 0.303. The van der Waals surface area contributed by atoms with Crippen molar-refractivity contribution in [2.24, 2.45) is 7.05 Å². The quantitative estimate of drug-likeness (QED) is 0.575. The van der Waals surface area contributed by atoms with Gasteiger partial charge in [0.1, 0.15) is 17.8 Å². The van der Waals surface area contributed by atoms with Crippen LogP contribution in [0.5, 0.6) is 5.75 Å². The first-order valence-corrected chi connectivity index (χ1v) is 8.44. The van der Waals surface area contributed by atoms with Crippen molar-refractivity contribution in [1.29, 1.82) is 0 Å². The lowest BCUT2D eigenvalue weighted by atomic mass is 10.1. The minimum Gasteiger partial charge on any atom is -0.497 e. The summed E-state index contributed by atoms with van der Waals surface area (Å²) in [4.78, 5) is 25.0. The number of nitrogens with zero attached hydrogens (tertiary/aromatic N) is 6. The first-order chi connectivity index (χ1) is 13.6. The Hall–Kier alpha value is -4.01. The Morgan fingerprint density at radius 3 is 2.71 bits per heavy atom. The fourth-order valence-electron chi connectivity index (χ4n) is 2.69. The summed E-state index contributed by atoms with van der Waals surface area (Å²) in [6.45, 7) is 0. The third kappa shape index (κ3) is 3.45. The Balaban J connectivity index is 1.53. The molecule has 1 N–H and O–H groups in total. The number of hydrogen-bond donors (Lipinski definition) is 1. The Morgan fingerprint density at radius 2 is 2.00 bits per heavy atom. The van der Waals surface area contributed by atoms with Crippen molar-refractivity contribution >= 4 is 11.6 Å². The third-order valence-electron chi connectivity index (χ3n) is 4.11. The smallest absolute Gasteiger partial charge is 0.274 e. The number of aryl methyl sites for hydroxylation is 1. The van der Waals surface area contributed by atoms with E-state index in [0.29, 0.717) is 23.0 Å². The van der Waals surface area contributed by atoms with Crippen LogP contribution >= 0.6 is 0 Å². The van der Waals surface area contributed by atoms with Crippen LogP contribution in [0.15, 0.2) is 61.4 Å². The van der Waals surface area contributed by atoms with E-state index in [1.54, 1.807) is 55.9 Å². The van der Waals surface area contributed by atoms with Crippen LogP contribution in [-0.2, 0) is 7.05 Å². The molecule has 0 saturated heterocycles. The molecule has 0 bridgehead atoms. The molecule has 9 nitrogen and oxygen atoms in total. The summed E-state index contributed by atoms with van der Waals surface area (Å²) in [6.07, 6.45) is 8.06. The highest BCUT2D eigenvalue weighted by Gasteiger charge is 2.15. The highest BCUT2D eigenvalue weighted by Crippen LogP contribution is 2.23. The normalized spacial score (nSPS) is 10.6. The zero-order valence-corrected chi connectivity index (χ0v) is 15.3. The molecule has 0 atom stereocenters. The molecule has 0 fully saturated rings. The van der Waals surface area contributed by atoms with Crippen LogP contribution in [0.2, 0.25) is 0 Å². The molecule has 1 aromatic carbocycles. The predicted octanol–water partition coefficient (Wildman–Crippen LogP) is 2.32. The minimum atomic E-state index is -0.303. The van der Waals surface area contributed by atoms with Gasteiger partial charge in [0.05, 0.1) is 30.9 Å². The average molecular weight is 375 g/mol. The molecule has 0 aliphatic rings. The molecule has 9 heteroatoms. The molecule has 28 heavy (non-hydrogen) atoms. The van der Waals surface area contributed by atoms with E-state index in [-0.39, 0.29) is 5.91 Å². The van der Waals surface area contributed by atoms with Gasteiger partial charge in [0.15, 0.2) is 0 Å². The van der Waals surface area contributed by atoms with Crippen molar-refractivity contribution in [1.82, 2.24) is 29.3 Å². The predicted molar refractivity (Wildman–Crippen MR) is 102 cm³/mol. The summed E-state index contributed by atoms with van der Waals surface area (Å²) in [5.41, 5.74) is 2.44. The number of amides is 1. The van der Waals surface area contributed by atoms with Gasteiger partial charge in [-0.25, -0.2) is 15.0 Å². The number of benzene rings is 1. The Morgan fingerprint density at radius 1 is 1.18 bits per heavy atom. The Labute approximate surface area is 160 Å². The van der Waals surface area contributed by atoms with Crippen LogP contribution in [0.25, 0.3) is 17.2 Å². The molecule has 0 unspecified atom stereocenters. The number of methoxy groups -OCH3 is 1. The van der Waals surface area contributed by atoms with Crippen LogP contribution in [0.1, 0.15) is 10.5 Å². The second-order valence-corrected chi connectivity index (χ2v) is 5.97. The number of carbonyl (C=O) groups is 1. The van der Waals surface area contributed by atoms with E-state index in [9.17, 15) is 4.79 Å². The van der Waals surface area contributed by atoms with Gasteiger partial charge >= 0.3 is 0 Å². The molecular formula is C19H17N7O2. The zero-order chi connectivity index (χ0) is 19.5. The molecule has 3 heterocycles. The first-order valence-electron chi connectivity index (χ1n) is 8.44. The standard InChI is InChI=1S/C19H17N7O2/c1-25-17(9-16(24-25)13-4-3-5-15(8-13)28-2)18(27)23-14-10-21-19(22-11-14)26-7-6-20-12-26/h3-12H,1-2H3,(H,23,27). The average Bonchev–Trinajstić information content (AvgIpc) is 3.38. The van der Waals surface area contributed by atoms with Gasteiger partial charge in [0, 0.05) is 25.0 Å². The van der Waals surface area contributed by atoms with Gasteiger partial charge in [-0.2, -0.15) is 5.10 Å². The summed E-state index contributed by atoms with van der Waals surface area (Å²) in [6, 6.07) is 9.24. The summed E-state index contributed by atoms with van der Waals surface area (Å²) in [7, 11) is 3.33. The second kappa shape index (κ2) is 7.31. The summed E-state index contributed by atoms with van der Waals surface area (Å²) >= 11 is 0. The number of ether oxygens (including phenoxy) is 1. The molecule has 0 spiro atoms. The van der Waals surface area contributed by atoms with Crippen molar-refractivity contribution in [3.8, 4) is 23.0 Å². The highest BCUT2D eigenvalue weighted by molar-refractivity contribution is 6.03. The van der Waals surface area contributed by atoms with Gasteiger partial charge < -0.3 is 10.1 Å². The lowest BCUT2D eigenvalue weighted by molar-refractivity contribution is 0.101. The van der Waals surface area contributed by atoms with E-state index >= 15 is 0 Å². The Bertz CT molecular complexity index is 1100. The fraction of sp³-hybridized carbons (Fsp3) is 0.105. The Kier molecular flexibility index (Phi) is 4.55. The molecule has 140 valence electrons. The van der Waals surface area contributed by atoms with Crippen molar-refractivity contribution in [2.45, 2.75) is 0 Å². The van der Waals surface area contributed by atoms with Gasteiger partial charge in [-0.3, -0.25) is 14.0 Å². The van der Waals surface area contributed by atoms with Gasteiger partial charge in [-0.15, -0.1) is 0 Å². The summed E-state index contributed by atoms with van der Waals surface area (Å²) in [5.74, 6) is 0.892. The molecule has 4 rings (SSSR count). The second-order valence-electron chi connectivity index (χ2n) is 5.97. The third-order valence-corrected chi connectivity index (χ3v) is 4.11. The molecule has 0 aliphatic heterocycles. The summed E-state index contributed by atoms with van der Waals surface area (Å²) in [5, 5.41) is 7.21. The monoisotopic (exact) mass is 375 g/mol. The number of rotatable bonds is 5. The van der Waals surface area contributed by atoms with E-state index in [0.717, 1.165) is 11.3 Å². The van der Waals surface area contributed by atoms with E-state index in [2.05, 4.69) is 25.4 Å². The van der Waals surface area contributed by atoms with Crippen LogP contribution in [0.3, 0.4) is 0 Å². The number of nitrogens with one attached hydrogen (secondary N) is 1. The van der Waals surface area contributed by atoms with Gasteiger partial charge in [0.2, 0.25) is 5.95 Å². The molecule has 0 radical (unpaired) electrons. The van der Waals surface area contributed by atoms with Crippen molar-refractivity contribution in [3.63, 3.8) is 0 Å². The lowest BCUT2D eigenvalue weighted by Crippen LogP contribution is -2.16. The van der Waals surface area contributed by atoms with Gasteiger partial charge in [-0.05, 0) is 18.2 Å². The van der Waals surface area contributed by atoms with E-state index < -0.39 is 0 Å². The van der Waals surface area contributed by atoms with Crippen molar-refractivity contribution in [2.75, 3.05) is 12.4 Å². The van der Waals surface area contributed by atoms with Crippen LogP contribution in [-0.4, -0.2) is 42.3 Å². The number of carbonyl (C=O) groups excluding carboxylic acids is 1. The molecular weight excluding hydrogens is 358 g/mol. The van der Waals surface area contributed by atoms with Gasteiger partial charge in [-0.1, -0.05) is 12.1 Å². The number of imidazole rings is 1. The maximum absolute atomic E-state index is 12.6. The van der Waals surface area contributed by atoms with Crippen molar-refractivity contribution in [3.05, 3.63) is 67.1 Å². The molecule has 3 aromatic heterocycles. The van der Waals surface area contributed by atoms with Gasteiger partial charge in [0.25, 0.3) is 5.91 Å². The maximum Gasteiger partial charge on any atom is 0.274 e.